The lowest BCUT2D eigenvalue weighted by atomic mass is 10.1. The molecule has 0 atom stereocenters. The van der Waals surface area contributed by atoms with Crippen LogP contribution in [-0.4, -0.2) is 29.6 Å². The summed E-state index contributed by atoms with van der Waals surface area (Å²) in [7, 11) is 0. The minimum Gasteiger partial charge on any atom is -0.354 e. The number of rotatable bonds is 4. The van der Waals surface area contributed by atoms with E-state index in [1.807, 2.05) is 13.0 Å². The highest BCUT2D eigenvalue weighted by atomic mass is 15.1. The van der Waals surface area contributed by atoms with Crippen LogP contribution in [0.3, 0.4) is 0 Å². The molecule has 1 aliphatic heterocycles. The van der Waals surface area contributed by atoms with E-state index in [-0.39, 0.29) is 0 Å². The van der Waals surface area contributed by atoms with Crippen molar-refractivity contribution in [2.75, 3.05) is 25.0 Å². The summed E-state index contributed by atoms with van der Waals surface area (Å²) in [5.41, 5.74) is 2.53. The van der Waals surface area contributed by atoms with Gasteiger partial charge in [0.1, 0.15) is 0 Å². The first kappa shape index (κ1) is 11.1. The first-order chi connectivity index (χ1) is 7.84. The molecule has 2 rings (SSSR count). The third-order valence-corrected chi connectivity index (χ3v) is 2.68. The molecule has 0 spiro atoms. The fraction of sp³-hybridized carbons (Fsp3) is 0.500. The average Bonchev–Trinajstić information content (AvgIpc) is 2.30. The van der Waals surface area contributed by atoms with Gasteiger partial charge in [0.15, 0.2) is 0 Å². The molecular formula is C12H18N4. The van der Waals surface area contributed by atoms with Gasteiger partial charge in [0.05, 0.1) is 0 Å². The van der Waals surface area contributed by atoms with E-state index in [0.29, 0.717) is 0 Å². The van der Waals surface area contributed by atoms with Crippen LogP contribution >= 0.6 is 0 Å². The number of nitrogens with one attached hydrogen (secondary N) is 2. The maximum Gasteiger partial charge on any atom is 0.222 e. The van der Waals surface area contributed by atoms with Gasteiger partial charge >= 0.3 is 0 Å². The number of aryl methyl sites for hydroxylation is 1. The van der Waals surface area contributed by atoms with Gasteiger partial charge in [0.25, 0.3) is 0 Å². The molecule has 4 nitrogen and oxygen atoms in total. The van der Waals surface area contributed by atoms with Gasteiger partial charge in [-0.2, -0.15) is 0 Å². The van der Waals surface area contributed by atoms with E-state index in [4.69, 9.17) is 0 Å². The molecule has 16 heavy (non-hydrogen) atoms. The zero-order valence-electron chi connectivity index (χ0n) is 9.66. The predicted molar refractivity (Wildman–Crippen MR) is 65.4 cm³/mol. The molecule has 1 aliphatic rings. The number of aromatic nitrogens is 2. The Labute approximate surface area is 96.2 Å². The van der Waals surface area contributed by atoms with Gasteiger partial charge in [-0.3, -0.25) is 0 Å². The molecule has 0 aliphatic carbocycles. The van der Waals surface area contributed by atoms with Gasteiger partial charge in [-0.25, -0.2) is 9.97 Å². The van der Waals surface area contributed by atoms with Crippen LogP contribution in [0.5, 0.6) is 0 Å². The smallest absolute Gasteiger partial charge is 0.222 e. The van der Waals surface area contributed by atoms with Crippen LogP contribution < -0.4 is 10.6 Å². The highest BCUT2D eigenvalue weighted by Gasteiger charge is 2.02. The van der Waals surface area contributed by atoms with Crippen LogP contribution in [0.1, 0.15) is 18.5 Å². The Kier molecular flexibility index (Phi) is 3.88. The maximum absolute atomic E-state index is 4.30. The standard InChI is InChI=1S/C12H18N4/c1-10-2-8-14-12(16-10)15-9-5-11-3-6-13-7-4-11/h2-3,8,13H,4-7,9H2,1H3,(H,14,15,16). The zero-order chi connectivity index (χ0) is 11.2. The van der Waals surface area contributed by atoms with Crippen molar-refractivity contribution in [3.63, 3.8) is 0 Å². The molecule has 0 fully saturated rings. The molecular weight excluding hydrogens is 200 g/mol. The van der Waals surface area contributed by atoms with E-state index < -0.39 is 0 Å². The number of hydrogen-bond acceptors (Lipinski definition) is 4. The van der Waals surface area contributed by atoms with Gasteiger partial charge in [-0.1, -0.05) is 11.6 Å². The summed E-state index contributed by atoms with van der Waals surface area (Å²) >= 11 is 0. The van der Waals surface area contributed by atoms with Crippen molar-refractivity contribution < 1.29 is 0 Å². The summed E-state index contributed by atoms with van der Waals surface area (Å²) in [6, 6.07) is 1.90. The summed E-state index contributed by atoms with van der Waals surface area (Å²) < 4.78 is 0. The van der Waals surface area contributed by atoms with Crippen LogP contribution in [0.2, 0.25) is 0 Å². The second kappa shape index (κ2) is 5.61. The van der Waals surface area contributed by atoms with E-state index in [2.05, 4.69) is 26.7 Å². The lowest BCUT2D eigenvalue weighted by Gasteiger charge is -2.14. The summed E-state index contributed by atoms with van der Waals surface area (Å²) in [6.07, 6.45) is 6.31. The second-order valence-corrected chi connectivity index (χ2v) is 4.01. The summed E-state index contributed by atoms with van der Waals surface area (Å²) in [6.45, 7) is 5.00. The van der Waals surface area contributed by atoms with Gasteiger partial charge in [-0.05, 0) is 32.4 Å². The van der Waals surface area contributed by atoms with Crippen molar-refractivity contribution in [2.24, 2.45) is 0 Å². The van der Waals surface area contributed by atoms with Crippen LogP contribution in [-0.2, 0) is 0 Å². The fourth-order valence-electron chi connectivity index (χ4n) is 1.77. The lowest BCUT2D eigenvalue weighted by Crippen LogP contribution is -2.21. The Morgan fingerprint density at radius 3 is 3.19 bits per heavy atom. The molecule has 2 N–H and O–H groups in total. The quantitative estimate of drug-likeness (QED) is 0.752. The first-order valence-electron chi connectivity index (χ1n) is 5.77. The highest BCUT2D eigenvalue weighted by molar-refractivity contribution is 5.25. The molecule has 1 aromatic rings. The number of hydrogen-bond donors (Lipinski definition) is 2. The zero-order valence-corrected chi connectivity index (χ0v) is 9.66. The number of nitrogens with zero attached hydrogens (tertiary/aromatic N) is 2. The highest BCUT2D eigenvalue weighted by Crippen LogP contribution is 2.09. The molecule has 1 aromatic heterocycles. The molecule has 0 saturated heterocycles. The Hall–Kier alpha value is -1.42. The Balaban J connectivity index is 1.77. The lowest BCUT2D eigenvalue weighted by molar-refractivity contribution is 0.683. The predicted octanol–water partition coefficient (Wildman–Crippen LogP) is 1.51. The fourth-order valence-corrected chi connectivity index (χ4v) is 1.77. The molecule has 0 amide bonds. The SMILES string of the molecule is Cc1ccnc(NCCC2=CCNCC2)n1. The summed E-state index contributed by atoms with van der Waals surface area (Å²) in [5.74, 6) is 0.731. The molecule has 2 heterocycles. The minimum absolute atomic E-state index is 0.731. The number of anilines is 1. The van der Waals surface area contributed by atoms with Crippen LogP contribution in [0.15, 0.2) is 23.9 Å². The van der Waals surface area contributed by atoms with Crippen molar-refractivity contribution in [1.82, 2.24) is 15.3 Å². The second-order valence-electron chi connectivity index (χ2n) is 4.01. The normalized spacial score (nSPS) is 15.7. The topological polar surface area (TPSA) is 49.8 Å². The van der Waals surface area contributed by atoms with Crippen molar-refractivity contribution in [1.29, 1.82) is 0 Å². The van der Waals surface area contributed by atoms with E-state index in [1.54, 1.807) is 6.20 Å². The molecule has 0 radical (unpaired) electrons. The van der Waals surface area contributed by atoms with Gasteiger partial charge in [-0.15, -0.1) is 0 Å². The molecule has 0 saturated carbocycles. The summed E-state index contributed by atoms with van der Waals surface area (Å²) in [5, 5.41) is 6.56. The van der Waals surface area contributed by atoms with Crippen molar-refractivity contribution >= 4 is 5.95 Å². The van der Waals surface area contributed by atoms with E-state index in [1.165, 1.54) is 5.57 Å². The minimum atomic E-state index is 0.731. The van der Waals surface area contributed by atoms with E-state index in [0.717, 1.165) is 44.1 Å². The van der Waals surface area contributed by atoms with Gasteiger partial charge in [0, 0.05) is 25.0 Å². The van der Waals surface area contributed by atoms with Crippen molar-refractivity contribution in [3.8, 4) is 0 Å². The first-order valence-corrected chi connectivity index (χ1v) is 5.77. The molecule has 4 heteroatoms. The average molecular weight is 218 g/mol. The van der Waals surface area contributed by atoms with E-state index >= 15 is 0 Å². The van der Waals surface area contributed by atoms with Gasteiger partial charge < -0.3 is 10.6 Å². The van der Waals surface area contributed by atoms with Gasteiger partial charge in [0.2, 0.25) is 5.95 Å². The third kappa shape index (κ3) is 3.31. The van der Waals surface area contributed by atoms with Crippen LogP contribution in [0, 0.1) is 6.92 Å². The molecule has 0 aromatic carbocycles. The maximum atomic E-state index is 4.30. The van der Waals surface area contributed by atoms with Crippen LogP contribution in [0.25, 0.3) is 0 Å². The molecule has 0 unspecified atom stereocenters. The third-order valence-electron chi connectivity index (χ3n) is 2.68. The molecule has 86 valence electrons. The van der Waals surface area contributed by atoms with Crippen molar-refractivity contribution in [2.45, 2.75) is 19.8 Å². The monoisotopic (exact) mass is 218 g/mol. The molecule has 0 bridgehead atoms. The Morgan fingerprint density at radius 2 is 2.44 bits per heavy atom. The Morgan fingerprint density at radius 1 is 1.50 bits per heavy atom. The van der Waals surface area contributed by atoms with E-state index in [9.17, 15) is 0 Å². The van der Waals surface area contributed by atoms with Crippen molar-refractivity contribution in [3.05, 3.63) is 29.6 Å². The van der Waals surface area contributed by atoms with Crippen LogP contribution in [0.4, 0.5) is 5.95 Å². The Bertz CT molecular complexity index is 373. The summed E-state index contributed by atoms with van der Waals surface area (Å²) in [4.78, 5) is 8.47. The largest absolute Gasteiger partial charge is 0.354 e.